The fourth-order valence-corrected chi connectivity index (χ4v) is 7.43. The second-order valence-corrected chi connectivity index (χ2v) is 19.7. The fraction of sp³-hybridized carbons (Fsp3) is 0.640. The van der Waals surface area contributed by atoms with Crippen LogP contribution < -0.4 is 4.90 Å². The Labute approximate surface area is 226 Å². The van der Waals surface area contributed by atoms with E-state index in [4.69, 9.17) is 23.9 Å². The van der Waals surface area contributed by atoms with Crippen molar-refractivity contribution in [2.75, 3.05) is 62.9 Å². The van der Waals surface area contributed by atoms with Crippen LogP contribution in [-0.2, 0) is 25.9 Å². The molecule has 208 valence electrons. The Morgan fingerprint density at radius 2 is 2.00 bits per heavy atom. The van der Waals surface area contributed by atoms with Crippen molar-refractivity contribution in [1.29, 1.82) is 0 Å². The van der Waals surface area contributed by atoms with E-state index < -0.39 is 17.8 Å². The van der Waals surface area contributed by atoms with Gasteiger partial charge in [-0.25, -0.2) is 13.9 Å². The van der Waals surface area contributed by atoms with Gasteiger partial charge in [0, 0.05) is 64.2 Å². The van der Waals surface area contributed by atoms with Crippen LogP contribution in [0.25, 0.3) is 16.9 Å². The van der Waals surface area contributed by atoms with Gasteiger partial charge in [0.2, 0.25) is 0 Å². The van der Waals surface area contributed by atoms with Crippen LogP contribution in [0.4, 0.5) is 11.5 Å². The first kappa shape index (κ1) is 27.3. The van der Waals surface area contributed by atoms with Crippen molar-refractivity contribution in [1.82, 2.24) is 29.4 Å². The van der Waals surface area contributed by atoms with E-state index in [1.165, 1.54) is 0 Å². The minimum Gasteiger partial charge on any atom is -0.377 e. The SMILES string of the molecule is C[C@@H]1COCCN1c1cc(N=S2(=O)CCN(C)CC2)c2cnn(-c3ccn(COCC[Si](C)(C)C)n3)c2n1. The molecule has 11 nitrogen and oxygen atoms in total. The van der Waals surface area contributed by atoms with Gasteiger partial charge < -0.3 is 19.3 Å². The summed E-state index contributed by atoms with van der Waals surface area (Å²) in [4.78, 5) is 9.45. The maximum atomic E-state index is 13.7. The van der Waals surface area contributed by atoms with Crippen LogP contribution in [0.3, 0.4) is 0 Å². The van der Waals surface area contributed by atoms with E-state index in [-0.39, 0.29) is 6.04 Å². The number of pyridine rings is 1. The first-order valence-corrected chi connectivity index (χ1v) is 18.9. The molecule has 0 radical (unpaired) electrons. The molecule has 0 saturated carbocycles. The molecule has 1 atom stereocenters. The van der Waals surface area contributed by atoms with Crippen LogP contribution >= 0.6 is 0 Å². The highest BCUT2D eigenvalue weighted by Gasteiger charge is 2.25. The highest BCUT2D eigenvalue weighted by molar-refractivity contribution is 7.93. The van der Waals surface area contributed by atoms with E-state index >= 15 is 0 Å². The van der Waals surface area contributed by atoms with Crippen molar-refractivity contribution in [3.63, 3.8) is 0 Å². The summed E-state index contributed by atoms with van der Waals surface area (Å²) in [6, 6.07) is 5.16. The highest BCUT2D eigenvalue weighted by atomic mass is 32.2. The van der Waals surface area contributed by atoms with E-state index in [1.807, 2.05) is 18.3 Å². The number of fused-ring (bicyclic) bond motifs is 1. The molecule has 38 heavy (non-hydrogen) atoms. The minimum absolute atomic E-state index is 0.169. The van der Waals surface area contributed by atoms with E-state index in [2.05, 4.69) is 48.5 Å². The Morgan fingerprint density at radius 1 is 1.21 bits per heavy atom. The van der Waals surface area contributed by atoms with Crippen LogP contribution in [0.15, 0.2) is 28.9 Å². The molecule has 0 N–H and O–H groups in total. The molecular weight excluding hydrogens is 520 g/mol. The number of hydrogen-bond donors (Lipinski definition) is 0. The zero-order valence-corrected chi connectivity index (χ0v) is 25.0. The number of anilines is 1. The molecule has 2 aliphatic rings. The lowest BCUT2D eigenvalue weighted by molar-refractivity contribution is 0.0785. The molecule has 13 heteroatoms. The molecule has 5 rings (SSSR count). The zero-order valence-electron chi connectivity index (χ0n) is 23.2. The van der Waals surface area contributed by atoms with Gasteiger partial charge in [-0.15, -0.1) is 0 Å². The van der Waals surface area contributed by atoms with Crippen molar-refractivity contribution >= 4 is 40.3 Å². The number of hydrogen-bond acceptors (Lipinski definition) is 9. The Kier molecular flexibility index (Phi) is 7.92. The molecule has 0 spiro atoms. The summed E-state index contributed by atoms with van der Waals surface area (Å²) in [7, 11) is -1.44. The third-order valence-electron chi connectivity index (χ3n) is 7.08. The van der Waals surface area contributed by atoms with Crippen molar-refractivity contribution in [3.8, 4) is 5.82 Å². The van der Waals surface area contributed by atoms with Gasteiger partial charge in [-0.2, -0.15) is 19.2 Å². The third kappa shape index (κ3) is 6.28. The molecule has 2 saturated heterocycles. The normalized spacial score (nSPS) is 20.8. The second-order valence-electron chi connectivity index (χ2n) is 11.5. The average molecular weight is 561 g/mol. The monoisotopic (exact) mass is 560 g/mol. The predicted molar refractivity (Wildman–Crippen MR) is 154 cm³/mol. The van der Waals surface area contributed by atoms with Crippen molar-refractivity contribution in [2.24, 2.45) is 4.36 Å². The van der Waals surface area contributed by atoms with Crippen LogP contribution in [-0.4, -0.2) is 106 Å². The first-order chi connectivity index (χ1) is 18.1. The number of aromatic nitrogens is 5. The van der Waals surface area contributed by atoms with E-state index in [1.54, 1.807) is 15.6 Å². The summed E-state index contributed by atoms with van der Waals surface area (Å²) in [6.07, 6.45) is 3.65. The Balaban J connectivity index is 1.50. The van der Waals surface area contributed by atoms with Crippen LogP contribution in [0.5, 0.6) is 0 Å². The molecule has 2 aliphatic heterocycles. The van der Waals surface area contributed by atoms with Crippen molar-refractivity contribution in [3.05, 3.63) is 24.5 Å². The van der Waals surface area contributed by atoms with Crippen LogP contribution in [0.1, 0.15) is 6.92 Å². The highest BCUT2D eigenvalue weighted by Crippen LogP contribution is 2.33. The molecular formula is C25H40N8O3SSi. The molecule has 0 unspecified atom stereocenters. The van der Waals surface area contributed by atoms with Gasteiger partial charge in [0.05, 0.1) is 46.3 Å². The van der Waals surface area contributed by atoms with Crippen molar-refractivity contribution in [2.45, 2.75) is 45.4 Å². The van der Waals surface area contributed by atoms with Gasteiger partial charge in [0.15, 0.2) is 11.5 Å². The van der Waals surface area contributed by atoms with Gasteiger partial charge in [0.25, 0.3) is 0 Å². The first-order valence-electron chi connectivity index (χ1n) is 13.4. The summed E-state index contributed by atoms with van der Waals surface area (Å²) >= 11 is 0. The summed E-state index contributed by atoms with van der Waals surface area (Å²) in [5, 5.41) is 10.1. The van der Waals surface area contributed by atoms with Gasteiger partial charge in [-0.05, 0) is 20.0 Å². The molecule has 0 aromatic carbocycles. The lowest BCUT2D eigenvalue weighted by Crippen LogP contribution is -2.44. The van der Waals surface area contributed by atoms with Crippen molar-refractivity contribution < 1.29 is 13.7 Å². The summed E-state index contributed by atoms with van der Waals surface area (Å²) in [5.74, 6) is 2.57. The summed E-state index contributed by atoms with van der Waals surface area (Å²) in [6.45, 7) is 13.8. The smallest absolute Gasteiger partial charge is 0.177 e. The maximum Gasteiger partial charge on any atom is 0.177 e. The topological polar surface area (TPSA) is 103 Å². The average Bonchev–Trinajstić information content (AvgIpc) is 3.51. The Morgan fingerprint density at radius 3 is 2.74 bits per heavy atom. The number of morpholine rings is 1. The standard InChI is InChI=1S/C25H40N8O3SSi/c1-20-18-35-11-8-32(20)24-16-22(29-37(34)13-9-30(2)10-14-37)21-17-26-33(25(21)27-24)23-6-7-31(28-23)19-36-12-15-38(3,4)5/h6-7,16-17,20H,8-15,18-19H2,1-5H3/t20-/m1/s1. The lowest BCUT2D eigenvalue weighted by atomic mass is 10.2. The third-order valence-corrected chi connectivity index (χ3v) is 11.0. The lowest BCUT2D eigenvalue weighted by Gasteiger charge is -2.34. The van der Waals surface area contributed by atoms with Crippen LogP contribution in [0, 0.1) is 0 Å². The van der Waals surface area contributed by atoms with Gasteiger partial charge in [0.1, 0.15) is 12.5 Å². The summed E-state index contributed by atoms with van der Waals surface area (Å²) < 4.78 is 33.6. The van der Waals surface area contributed by atoms with E-state index in [0.29, 0.717) is 48.6 Å². The number of nitrogens with zero attached hydrogens (tertiary/aromatic N) is 8. The van der Waals surface area contributed by atoms with Gasteiger partial charge in [-0.3, -0.25) is 0 Å². The van der Waals surface area contributed by atoms with Gasteiger partial charge in [-0.1, -0.05) is 19.6 Å². The van der Waals surface area contributed by atoms with E-state index in [0.717, 1.165) is 43.5 Å². The quantitative estimate of drug-likeness (QED) is 0.306. The fourth-order valence-electron chi connectivity index (χ4n) is 4.58. The molecule has 5 heterocycles. The molecule has 0 amide bonds. The van der Waals surface area contributed by atoms with E-state index in [9.17, 15) is 4.21 Å². The van der Waals surface area contributed by atoms with Gasteiger partial charge >= 0.3 is 0 Å². The van der Waals surface area contributed by atoms with Crippen LogP contribution in [0.2, 0.25) is 25.7 Å². The molecule has 3 aromatic heterocycles. The predicted octanol–water partition coefficient (Wildman–Crippen LogP) is 3.20. The molecule has 3 aromatic rings. The molecule has 2 fully saturated rings. The minimum atomic E-state index is -2.36. The second kappa shape index (κ2) is 11.0. The number of rotatable bonds is 8. The molecule has 0 bridgehead atoms. The Hall–Kier alpha value is -2.32. The zero-order chi connectivity index (χ0) is 26.9. The maximum absolute atomic E-state index is 13.7. The molecule has 0 aliphatic carbocycles. The Bertz CT molecular complexity index is 1380. The number of ether oxygens (including phenoxy) is 2. The largest absolute Gasteiger partial charge is 0.377 e. The summed E-state index contributed by atoms with van der Waals surface area (Å²) in [5.41, 5.74) is 1.33.